The maximum Gasteiger partial charge on any atom is 0.188 e. The van der Waals surface area contributed by atoms with Crippen molar-refractivity contribution in [1.29, 1.82) is 0 Å². The summed E-state index contributed by atoms with van der Waals surface area (Å²) in [6, 6.07) is 0. The third kappa shape index (κ3) is 3.28. The molecule has 1 spiro atoms. The molecule has 4 aliphatic rings. The number of ketones is 1. The second-order valence-electron chi connectivity index (χ2n) is 11.4. The Morgan fingerprint density at radius 1 is 1.16 bits per heavy atom. The molecule has 3 aliphatic carbocycles. The van der Waals surface area contributed by atoms with Crippen LogP contribution in [0.3, 0.4) is 0 Å². The summed E-state index contributed by atoms with van der Waals surface area (Å²) >= 11 is 0. The zero-order valence-electron chi connectivity index (χ0n) is 19.8. The largest absolute Gasteiger partial charge is 0.396 e. The van der Waals surface area contributed by atoms with Crippen molar-refractivity contribution < 1.29 is 24.2 Å². The molecule has 5 nitrogen and oxygen atoms in total. The Bertz CT molecular complexity index is 827. The minimum absolute atomic E-state index is 0.0312. The molecular weight excluding hydrogens is 408 g/mol. The minimum atomic E-state index is -2.24. The molecule has 1 saturated carbocycles. The molecular formula is C25H38O5Si. The average Bonchev–Trinajstić information content (AvgIpc) is 3.30. The molecule has 0 radical (unpaired) electrons. The van der Waals surface area contributed by atoms with Gasteiger partial charge in [0.2, 0.25) is 0 Å². The number of aliphatic hydroxyl groups is 1. The van der Waals surface area contributed by atoms with Crippen molar-refractivity contribution in [3.63, 3.8) is 0 Å². The SMILES string of the molecule is CC(C)(C)[Si](C)(C)[C@@]1(CO)C(=O)CCC1C1CCC2=CC3(CCC2=C1C=O)OCCO3. The zero-order valence-corrected chi connectivity index (χ0v) is 20.8. The van der Waals surface area contributed by atoms with E-state index in [1.54, 1.807) is 0 Å². The summed E-state index contributed by atoms with van der Waals surface area (Å²) < 4.78 is 11.8. The molecule has 172 valence electrons. The van der Waals surface area contributed by atoms with Gasteiger partial charge in [0.15, 0.2) is 5.79 Å². The Morgan fingerprint density at radius 2 is 1.84 bits per heavy atom. The van der Waals surface area contributed by atoms with Crippen molar-refractivity contribution in [3.8, 4) is 0 Å². The van der Waals surface area contributed by atoms with E-state index in [2.05, 4.69) is 39.9 Å². The molecule has 0 aromatic heterocycles. The van der Waals surface area contributed by atoms with E-state index >= 15 is 0 Å². The molecule has 1 heterocycles. The van der Waals surface area contributed by atoms with Gasteiger partial charge in [0, 0.05) is 17.9 Å². The fourth-order valence-electron chi connectivity index (χ4n) is 6.79. The Labute approximate surface area is 187 Å². The van der Waals surface area contributed by atoms with Gasteiger partial charge in [0.05, 0.1) is 27.9 Å². The van der Waals surface area contributed by atoms with Crippen LogP contribution in [-0.2, 0) is 19.1 Å². The van der Waals surface area contributed by atoms with Crippen LogP contribution >= 0.6 is 0 Å². The number of aldehydes is 1. The Hall–Kier alpha value is -1.08. The molecule has 4 rings (SSSR count). The molecule has 6 heteroatoms. The monoisotopic (exact) mass is 446 g/mol. The maximum atomic E-state index is 13.4. The quantitative estimate of drug-likeness (QED) is 0.506. The maximum absolute atomic E-state index is 13.4. The number of rotatable bonds is 4. The van der Waals surface area contributed by atoms with Crippen LogP contribution < -0.4 is 0 Å². The number of carbonyl (C=O) groups excluding carboxylic acids is 2. The second kappa shape index (κ2) is 7.75. The van der Waals surface area contributed by atoms with Crippen LogP contribution in [0.1, 0.15) is 59.3 Å². The Kier molecular flexibility index (Phi) is 5.77. The number of allylic oxidation sites excluding steroid dienone is 3. The van der Waals surface area contributed by atoms with Crippen LogP contribution in [0, 0.1) is 11.8 Å². The first-order valence-corrected chi connectivity index (χ1v) is 14.9. The summed E-state index contributed by atoms with van der Waals surface area (Å²) in [4.78, 5) is 25.9. The molecule has 0 amide bonds. The number of aliphatic hydroxyl groups excluding tert-OH is 1. The predicted molar refractivity (Wildman–Crippen MR) is 122 cm³/mol. The molecule has 2 fully saturated rings. The summed E-state index contributed by atoms with van der Waals surface area (Å²) in [6.45, 7) is 12.3. The van der Waals surface area contributed by atoms with Gasteiger partial charge < -0.3 is 14.6 Å². The van der Waals surface area contributed by atoms with E-state index in [1.165, 1.54) is 5.57 Å². The Balaban J connectivity index is 1.77. The number of carbonyl (C=O) groups is 2. The van der Waals surface area contributed by atoms with Crippen LogP contribution in [-0.4, -0.2) is 50.9 Å². The summed E-state index contributed by atoms with van der Waals surface area (Å²) in [7, 11) is -2.24. The van der Waals surface area contributed by atoms with Crippen molar-refractivity contribution in [2.75, 3.05) is 19.8 Å². The normalized spacial score (nSPS) is 33.6. The summed E-state index contributed by atoms with van der Waals surface area (Å²) in [6.07, 6.45) is 7.64. The summed E-state index contributed by atoms with van der Waals surface area (Å²) in [5.41, 5.74) is 3.18. The van der Waals surface area contributed by atoms with E-state index < -0.39 is 18.9 Å². The predicted octanol–water partition coefficient (Wildman–Crippen LogP) is 4.58. The highest BCUT2D eigenvalue weighted by Crippen LogP contribution is 2.64. The highest BCUT2D eigenvalue weighted by molar-refractivity contribution is 6.86. The fraction of sp³-hybridized carbons (Fsp3) is 0.760. The zero-order chi connectivity index (χ0) is 22.7. The van der Waals surface area contributed by atoms with Gasteiger partial charge in [-0.05, 0) is 65.4 Å². The molecule has 0 bridgehead atoms. The molecule has 31 heavy (non-hydrogen) atoms. The fourth-order valence-corrected chi connectivity index (χ4v) is 10.6. The van der Waals surface area contributed by atoms with Crippen molar-refractivity contribution in [2.24, 2.45) is 11.8 Å². The molecule has 1 aliphatic heterocycles. The third-order valence-corrected chi connectivity index (χ3v) is 16.2. The molecule has 3 atom stereocenters. The van der Waals surface area contributed by atoms with Crippen LogP contribution in [0.25, 0.3) is 0 Å². The van der Waals surface area contributed by atoms with Crippen LogP contribution in [0.15, 0.2) is 22.8 Å². The number of ether oxygens (including phenoxy) is 2. The van der Waals surface area contributed by atoms with E-state index in [1.807, 2.05) is 0 Å². The summed E-state index contributed by atoms with van der Waals surface area (Å²) in [5.74, 6) is -0.315. The van der Waals surface area contributed by atoms with Crippen molar-refractivity contribution in [1.82, 2.24) is 0 Å². The smallest absolute Gasteiger partial charge is 0.188 e. The molecule has 0 aromatic carbocycles. The molecule has 1 N–H and O–H groups in total. The van der Waals surface area contributed by atoms with E-state index in [9.17, 15) is 14.7 Å². The highest BCUT2D eigenvalue weighted by atomic mass is 28.3. The van der Waals surface area contributed by atoms with Crippen LogP contribution in [0.4, 0.5) is 0 Å². The Morgan fingerprint density at radius 3 is 2.42 bits per heavy atom. The second-order valence-corrected chi connectivity index (χ2v) is 17.1. The van der Waals surface area contributed by atoms with Gasteiger partial charge in [-0.1, -0.05) is 33.9 Å². The lowest BCUT2D eigenvalue weighted by molar-refractivity contribution is -0.123. The molecule has 1 saturated heterocycles. The van der Waals surface area contributed by atoms with E-state index in [0.29, 0.717) is 19.6 Å². The lowest BCUT2D eigenvalue weighted by atomic mass is 9.68. The number of hydrogen-bond donors (Lipinski definition) is 1. The van der Waals surface area contributed by atoms with Gasteiger partial charge in [-0.3, -0.25) is 9.59 Å². The first-order valence-electron chi connectivity index (χ1n) is 11.9. The van der Waals surface area contributed by atoms with Crippen molar-refractivity contribution in [3.05, 3.63) is 22.8 Å². The van der Waals surface area contributed by atoms with Gasteiger partial charge in [-0.2, -0.15) is 0 Å². The number of fused-ring (bicyclic) bond motifs is 1. The minimum Gasteiger partial charge on any atom is -0.396 e. The van der Waals surface area contributed by atoms with Gasteiger partial charge in [0.1, 0.15) is 12.1 Å². The van der Waals surface area contributed by atoms with Gasteiger partial charge in [0.25, 0.3) is 0 Å². The molecule has 2 unspecified atom stereocenters. The lowest BCUT2D eigenvalue weighted by Gasteiger charge is -2.54. The average molecular weight is 447 g/mol. The number of Topliss-reactive ketones (excluding diaryl/α,β-unsaturated/α-hetero) is 1. The van der Waals surface area contributed by atoms with Crippen LogP contribution in [0.5, 0.6) is 0 Å². The van der Waals surface area contributed by atoms with E-state index in [4.69, 9.17) is 9.47 Å². The van der Waals surface area contributed by atoms with E-state index in [-0.39, 0.29) is 29.3 Å². The molecule has 0 aromatic rings. The number of hydrogen-bond acceptors (Lipinski definition) is 5. The first kappa shape index (κ1) is 23.1. The van der Waals surface area contributed by atoms with Crippen molar-refractivity contribution >= 4 is 20.1 Å². The van der Waals surface area contributed by atoms with Crippen molar-refractivity contribution in [2.45, 2.75) is 88.3 Å². The first-order chi connectivity index (χ1) is 14.5. The third-order valence-electron chi connectivity index (χ3n) is 9.42. The van der Waals surface area contributed by atoms with Gasteiger partial charge >= 0.3 is 0 Å². The van der Waals surface area contributed by atoms with Gasteiger partial charge in [-0.25, -0.2) is 0 Å². The van der Waals surface area contributed by atoms with E-state index in [0.717, 1.165) is 49.5 Å². The van der Waals surface area contributed by atoms with Gasteiger partial charge in [-0.15, -0.1) is 0 Å². The lowest BCUT2D eigenvalue weighted by Crippen LogP contribution is -2.57. The van der Waals surface area contributed by atoms with Crippen LogP contribution in [0.2, 0.25) is 23.2 Å². The summed E-state index contributed by atoms with van der Waals surface area (Å²) in [5, 5.41) is 10.1. The standard InChI is InChI=1S/C25H38O5Si/c1-23(2,3)31(4,5)25(16-27)21(8-9-22(25)28)19-7-6-17-14-24(29-12-13-30-24)11-10-18(17)20(19)15-26/h14-15,19,21,27H,6-13,16H2,1-5H3/t19?,21?,25-/m1/s1. The topological polar surface area (TPSA) is 72.8 Å². The highest BCUT2D eigenvalue weighted by Gasteiger charge is 2.64.